The van der Waals surface area contributed by atoms with E-state index in [4.69, 9.17) is 0 Å². The molecule has 1 aliphatic heterocycles. The van der Waals surface area contributed by atoms with Crippen molar-refractivity contribution in [3.63, 3.8) is 0 Å². The summed E-state index contributed by atoms with van der Waals surface area (Å²) in [6.07, 6.45) is 2.54. The molecule has 0 spiro atoms. The Bertz CT molecular complexity index is 281. The Hall–Kier alpha value is -1.14. The van der Waals surface area contributed by atoms with Gasteiger partial charge in [0.25, 0.3) is 0 Å². The minimum Gasteiger partial charge on any atom is -0.392 e. The second kappa shape index (κ2) is 6.56. The number of urea groups is 1. The van der Waals surface area contributed by atoms with E-state index in [9.17, 15) is 14.7 Å². The molecule has 1 saturated heterocycles. The van der Waals surface area contributed by atoms with Gasteiger partial charge in [-0.3, -0.25) is 15.0 Å². The molecule has 0 unspecified atom stereocenters. The molecule has 0 aromatic rings. The summed E-state index contributed by atoms with van der Waals surface area (Å²) in [5.74, 6) is -0.336. The number of aliphatic hydroxyl groups is 1. The van der Waals surface area contributed by atoms with Gasteiger partial charge in [0.05, 0.1) is 12.6 Å². The third-order valence-electron chi connectivity index (χ3n) is 3.05. The van der Waals surface area contributed by atoms with E-state index < -0.39 is 12.1 Å². The summed E-state index contributed by atoms with van der Waals surface area (Å²) in [6.45, 7) is 2.68. The number of amides is 3. The fourth-order valence-electron chi connectivity index (χ4n) is 2.17. The van der Waals surface area contributed by atoms with Crippen LogP contribution in [-0.4, -0.2) is 54.2 Å². The molecule has 17 heavy (non-hydrogen) atoms. The Morgan fingerprint density at radius 1 is 1.47 bits per heavy atom. The normalized spacial score (nSPS) is 22.9. The number of aliphatic hydroxyl groups excluding tert-OH is 1. The van der Waals surface area contributed by atoms with Crippen LogP contribution >= 0.6 is 0 Å². The lowest BCUT2D eigenvalue weighted by atomic mass is 9.98. The van der Waals surface area contributed by atoms with Crippen molar-refractivity contribution in [2.45, 2.75) is 38.3 Å². The van der Waals surface area contributed by atoms with Gasteiger partial charge in [0.1, 0.15) is 0 Å². The highest BCUT2D eigenvalue weighted by atomic mass is 16.3. The number of carbonyl (C=O) groups is 2. The number of nitrogens with one attached hydrogen (secondary N) is 2. The Balaban J connectivity index is 2.47. The number of piperidine rings is 1. The monoisotopic (exact) mass is 243 g/mol. The molecule has 0 saturated carbocycles. The maximum Gasteiger partial charge on any atom is 0.321 e. The molecule has 0 radical (unpaired) electrons. The fourth-order valence-corrected chi connectivity index (χ4v) is 2.17. The minimum absolute atomic E-state index is 0.0131. The van der Waals surface area contributed by atoms with Crippen molar-refractivity contribution in [2.75, 3.05) is 20.1 Å². The van der Waals surface area contributed by atoms with Crippen LogP contribution in [0.2, 0.25) is 0 Å². The van der Waals surface area contributed by atoms with Gasteiger partial charge in [-0.2, -0.15) is 0 Å². The van der Waals surface area contributed by atoms with E-state index in [1.807, 2.05) is 4.90 Å². The van der Waals surface area contributed by atoms with Gasteiger partial charge in [0.15, 0.2) is 0 Å². The van der Waals surface area contributed by atoms with E-state index in [0.717, 1.165) is 25.8 Å². The summed E-state index contributed by atoms with van der Waals surface area (Å²) in [5, 5.41) is 14.2. The zero-order valence-electron chi connectivity index (χ0n) is 10.4. The van der Waals surface area contributed by atoms with E-state index in [0.29, 0.717) is 0 Å². The Kier molecular flexibility index (Phi) is 5.37. The largest absolute Gasteiger partial charge is 0.392 e. The van der Waals surface area contributed by atoms with Crippen molar-refractivity contribution < 1.29 is 14.7 Å². The van der Waals surface area contributed by atoms with Crippen LogP contribution < -0.4 is 10.6 Å². The predicted octanol–water partition coefficient (Wildman–Crippen LogP) is -0.323. The van der Waals surface area contributed by atoms with Crippen LogP contribution in [0.3, 0.4) is 0 Å². The van der Waals surface area contributed by atoms with Crippen molar-refractivity contribution in [3.8, 4) is 0 Å². The van der Waals surface area contributed by atoms with E-state index >= 15 is 0 Å². The summed E-state index contributed by atoms with van der Waals surface area (Å²) in [7, 11) is 1.46. The Labute approximate surface area is 101 Å². The van der Waals surface area contributed by atoms with Crippen LogP contribution in [0.25, 0.3) is 0 Å². The van der Waals surface area contributed by atoms with Gasteiger partial charge in [-0.15, -0.1) is 0 Å². The van der Waals surface area contributed by atoms with Crippen LogP contribution in [0, 0.1) is 0 Å². The Morgan fingerprint density at radius 3 is 2.76 bits per heavy atom. The molecular weight excluding hydrogens is 222 g/mol. The molecule has 0 aliphatic carbocycles. The molecule has 3 N–H and O–H groups in total. The first-order chi connectivity index (χ1) is 8.04. The standard InChI is InChI=1S/C11H21N3O3/c1-8(15)9-5-3-4-6-14(9)7-10(16)13-11(17)12-2/h8-9,15H,3-7H2,1-2H3,(H2,12,13,16,17)/t8-,9+/m0/s1. The zero-order chi connectivity index (χ0) is 12.8. The summed E-state index contributed by atoms with van der Waals surface area (Å²) in [6, 6.07) is -0.486. The average molecular weight is 243 g/mol. The van der Waals surface area contributed by atoms with Gasteiger partial charge in [0.2, 0.25) is 5.91 Å². The number of imide groups is 1. The molecule has 98 valence electrons. The summed E-state index contributed by atoms with van der Waals surface area (Å²) < 4.78 is 0. The van der Waals surface area contributed by atoms with Gasteiger partial charge < -0.3 is 10.4 Å². The van der Waals surface area contributed by atoms with Crippen LogP contribution in [-0.2, 0) is 4.79 Å². The van der Waals surface area contributed by atoms with E-state index in [1.54, 1.807) is 6.92 Å². The van der Waals surface area contributed by atoms with Crippen LogP contribution in [0.1, 0.15) is 26.2 Å². The molecule has 0 aromatic heterocycles. The van der Waals surface area contributed by atoms with Crippen molar-refractivity contribution in [1.29, 1.82) is 0 Å². The van der Waals surface area contributed by atoms with Crippen LogP contribution in [0.15, 0.2) is 0 Å². The topological polar surface area (TPSA) is 81.7 Å². The maximum absolute atomic E-state index is 11.6. The lowest BCUT2D eigenvalue weighted by Crippen LogP contribution is -2.51. The molecule has 0 aromatic carbocycles. The first kappa shape index (κ1) is 13.9. The van der Waals surface area contributed by atoms with Gasteiger partial charge in [-0.25, -0.2) is 4.79 Å². The van der Waals surface area contributed by atoms with Crippen molar-refractivity contribution in [3.05, 3.63) is 0 Å². The molecule has 3 amide bonds. The summed E-state index contributed by atoms with van der Waals surface area (Å²) >= 11 is 0. The SMILES string of the molecule is CNC(=O)NC(=O)CN1CCCC[C@@H]1[C@H](C)O. The fraction of sp³-hybridized carbons (Fsp3) is 0.818. The molecule has 2 atom stereocenters. The van der Waals surface area contributed by atoms with Gasteiger partial charge in [-0.05, 0) is 26.3 Å². The van der Waals surface area contributed by atoms with Crippen molar-refractivity contribution in [1.82, 2.24) is 15.5 Å². The van der Waals surface area contributed by atoms with Gasteiger partial charge >= 0.3 is 6.03 Å². The molecular formula is C11H21N3O3. The second-order valence-electron chi connectivity index (χ2n) is 4.40. The highest BCUT2D eigenvalue weighted by Crippen LogP contribution is 2.19. The van der Waals surface area contributed by atoms with E-state index in [1.165, 1.54) is 7.05 Å². The predicted molar refractivity (Wildman–Crippen MR) is 63.5 cm³/mol. The number of hydrogen-bond acceptors (Lipinski definition) is 4. The number of nitrogens with zero attached hydrogens (tertiary/aromatic N) is 1. The first-order valence-electron chi connectivity index (χ1n) is 5.98. The van der Waals surface area contributed by atoms with Crippen molar-refractivity contribution in [2.24, 2.45) is 0 Å². The maximum atomic E-state index is 11.6. The molecule has 6 heteroatoms. The minimum atomic E-state index is -0.499. The number of carbonyl (C=O) groups excluding carboxylic acids is 2. The Morgan fingerprint density at radius 2 is 2.18 bits per heavy atom. The van der Waals surface area contributed by atoms with Crippen LogP contribution in [0.4, 0.5) is 4.79 Å². The number of likely N-dealkylation sites (tertiary alicyclic amines) is 1. The molecule has 1 fully saturated rings. The zero-order valence-corrected chi connectivity index (χ0v) is 10.4. The summed E-state index contributed by atoms with van der Waals surface area (Å²) in [5.41, 5.74) is 0. The molecule has 1 aliphatic rings. The van der Waals surface area contributed by atoms with E-state index in [-0.39, 0.29) is 18.5 Å². The molecule has 0 bridgehead atoms. The van der Waals surface area contributed by atoms with Gasteiger partial charge in [-0.1, -0.05) is 6.42 Å². The molecule has 6 nitrogen and oxygen atoms in total. The number of rotatable bonds is 3. The van der Waals surface area contributed by atoms with Gasteiger partial charge in [0, 0.05) is 13.1 Å². The van der Waals surface area contributed by atoms with Crippen molar-refractivity contribution >= 4 is 11.9 Å². The highest BCUT2D eigenvalue weighted by molar-refractivity contribution is 5.95. The number of hydrogen-bond donors (Lipinski definition) is 3. The van der Waals surface area contributed by atoms with Crippen LogP contribution in [0.5, 0.6) is 0 Å². The lowest BCUT2D eigenvalue weighted by molar-refractivity contribution is -0.122. The quantitative estimate of drug-likeness (QED) is 0.634. The highest BCUT2D eigenvalue weighted by Gasteiger charge is 2.27. The molecule has 1 heterocycles. The lowest BCUT2D eigenvalue weighted by Gasteiger charge is -2.36. The molecule has 1 rings (SSSR count). The third-order valence-corrected chi connectivity index (χ3v) is 3.05. The second-order valence-corrected chi connectivity index (χ2v) is 4.40. The average Bonchev–Trinajstić information content (AvgIpc) is 2.29. The first-order valence-corrected chi connectivity index (χ1v) is 5.98. The smallest absolute Gasteiger partial charge is 0.321 e. The summed E-state index contributed by atoms with van der Waals surface area (Å²) in [4.78, 5) is 24.5. The third kappa shape index (κ3) is 4.32. The van der Waals surface area contributed by atoms with E-state index in [2.05, 4.69) is 10.6 Å².